The summed E-state index contributed by atoms with van der Waals surface area (Å²) in [5.41, 5.74) is 3.70. The van der Waals surface area contributed by atoms with Crippen molar-refractivity contribution in [2.75, 3.05) is 0 Å². The third kappa shape index (κ3) is 3.55. The maximum atomic E-state index is 5.67. The third-order valence-corrected chi connectivity index (χ3v) is 3.44. The molecule has 3 rings (SSSR count). The maximum absolute atomic E-state index is 5.67. The van der Waals surface area contributed by atoms with Crippen LogP contribution in [0.5, 0.6) is 5.75 Å². The molecule has 0 bridgehead atoms. The van der Waals surface area contributed by atoms with Gasteiger partial charge in [0, 0.05) is 18.1 Å². The molecule has 0 spiro atoms. The van der Waals surface area contributed by atoms with Gasteiger partial charge in [0.15, 0.2) is 0 Å². The van der Waals surface area contributed by atoms with E-state index in [0.717, 1.165) is 17.9 Å². The molecule has 3 heteroatoms. The zero-order valence-electron chi connectivity index (χ0n) is 12.9. The summed E-state index contributed by atoms with van der Waals surface area (Å²) in [6, 6.07) is 16.9. The minimum absolute atomic E-state index is 0.210. The Balaban J connectivity index is 1.68. The van der Waals surface area contributed by atoms with Crippen LogP contribution < -0.4 is 4.74 Å². The largest absolute Gasteiger partial charge is 0.491 e. The monoisotopic (exact) mass is 292 g/mol. The second-order valence-electron chi connectivity index (χ2n) is 5.62. The van der Waals surface area contributed by atoms with E-state index in [1.165, 1.54) is 11.1 Å². The normalized spacial score (nSPS) is 10.9. The minimum Gasteiger partial charge on any atom is -0.491 e. The average molecular weight is 292 g/mol. The van der Waals surface area contributed by atoms with Crippen LogP contribution in [-0.2, 0) is 6.42 Å². The van der Waals surface area contributed by atoms with Crippen molar-refractivity contribution in [1.29, 1.82) is 0 Å². The van der Waals surface area contributed by atoms with E-state index in [9.17, 15) is 0 Å². The number of imidazole rings is 1. The first kappa shape index (κ1) is 14.4. The fourth-order valence-corrected chi connectivity index (χ4v) is 2.39. The first-order valence-electron chi connectivity index (χ1n) is 7.53. The molecule has 0 radical (unpaired) electrons. The van der Waals surface area contributed by atoms with E-state index in [0.29, 0.717) is 0 Å². The highest BCUT2D eigenvalue weighted by molar-refractivity contribution is 5.37. The van der Waals surface area contributed by atoms with Crippen molar-refractivity contribution in [3.63, 3.8) is 0 Å². The van der Waals surface area contributed by atoms with Crippen LogP contribution in [0.15, 0.2) is 67.3 Å². The van der Waals surface area contributed by atoms with Crippen LogP contribution in [0.4, 0.5) is 0 Å². The lowest BCUT2D eigenvalue weighted by Gasteiger charge is -2.10. The van der Waals surface area contributed by atoms with Crippen LogP contribution in [-0.4, -0.2) is 15.7 Å². The van der Waals surface area contributed by atoms with Gasteiger partial charge in [0.2, 0.25) is 0 Å². The van der Waals surface area contributed by atoms with E-state index < -0.39 is 0 Å². The van der Waals surface area contributed by atoms with E-state index in [4.69, 9.17) is 4.74 Å². The molecular weight excluding hydrogens is 272 g/mol. The van der Waals surface area contributed by atoms with Gasteiger partial charge in [0.05, 0.1) is 12.4 Å². The molecule has 2 aromatic carbocycles. The first-order chi connectivity index (χ1) is 10.7. The van der Waals surface area contributed by atoms with Crippen LogP contribution in [0.2, 0.25) is 0 Å². The molecule has 0 amide bonds. The van der Waals surface area contributed by atoms with Gasteiger partial charge < -0.3 is 9.30 Å². The van der Waals surface area contributed by atoms with Gasteiger partial charge in [-0.1, -0.05) is 24.3 Å². The summed E-state index contributed by atoms with van der Waals surface area (Å²) in [4.78, 5) is 4.07. The Morgan fingerprint density at radius 1 is 0.955 bits per heavy atom. The molecule has 22 heavy (non-hydrogen) atoms. The molecule has 1 aromatic heterocycles. The summed E-state index contributed by atoms with van der Waals surface area (Å²) in [5, 5.41) is 0. The highest BCUT2D eigenvalue weighted by Gasteiger charge is 2.01. The fourth-order valence-electron chi connectivity index (χ4n) is 2.39. The van der Waals surface area contributed by atoms with Crippen LogP contribution >= 0.6 is 0 Å². The Hall–Kier alpha value is -2.55. The van der Waals surface area contributed by atoms with Crippen LogP contribution in [0, 0.1) is 0 Å². The number of hydrogen-bond donors (Lipinski definition) is 0. The van der Waals surface area contributed by atoms with Gasteiger partial charge in [-0.15, -0.1) is 0 Å². The summed E-state index contributed by atoms with van der Waals surface area (Å²) in [6.07, 6.45) is 6.67. The summed E-state index contributed by atoms with van der Waals surface area (Å²) in [6.45, 7) is 4.07. The SMILES string of the molecule is CC(C)Oc1ccc(Cc2ccc(-n3ccnc3)cc2)cc1. The summed E-state index contributed by atoms with van der Waals surface area (Å²) in [5.74, 6) is 0.925. The van der Waals surface area contributed by atoms with Crippen molar-refractivity contribution in [3.05, 3.63) is 78.4 Å². The number of aromatic nitrogens is 2. The van der Waals surface area contributed by atoms with Crippen molar-refractivity contribution in [1.82, 2.24) is 9.55 Å². The second kappa shape index (κ2) is 6.48. The van der Waals surface area contributed by atoms with Crippen molar-refractivity contribution in [2.45, 2.75) is 26.4 Å². The van der Waals surface area contributed by atoms with Crippen LogP contribution in [0.3, 0.4) is 0 Å². The third-order valence-electron chi connectivity index (χ3n) is 3.44. The lowest BCUT2D eigenvalue weighted by atomic mass is 10.0. The van der Waals surface area contributed by atoms with Crippen molar-refractivity contribution in [3.8, 4) is 11.4 Å². The molecule has 0 fully saturated rings. The number of rotatable bonds is 5. The van der Waals surface area contributed by atoms with Gasteiger partial charge in [0.25, 0.3) is 0 Å². The van der Waals surface area contributed by atoms with E-state index in [2.05, 4.69) is 41.4 Å². The van der Waals surface area contributed by atoms with Crippen molar-refractivity contribution < 1.29 is 4.74 Å². The van der Waals surface area contributed by atoms with E-state index >= 15 is 0 Å². The molecule has 3 aromatic rings. The van der Waals surface area contributed by atoms with Gasteiger partial charge in [-0.25, -0.2) is 4.98 Å². The van der Waals surface area contributed by atoms with E-state index in [1.807, 2.05) is 43.1 Å². The molecule has 0 aliphatic rings. The summed E-state index contributed by atoms with van der Waals surface area (Å²) < 4.78 is 7.67. The quantitative estimate of drug-likeness (QED) is 0.703. The molecule has 0 N–H and O–H groups in total. The van der Waals surface area contributed by atoms with Gasteiger partial charge in [-0.2, -0.15) is 0 Å². The molecule has 0 unspecified atom stereocenters. The molecule has 1 heterocycles. The standard InChI is InChI=1S/C19H20N2O/c1-15(2)22-19-9-5-17(6-10-19)13-16-3-7-18(8-4-16)21-12-11-20-14-21/h3-12,14-15H,13H2,1-2H3. The average Bonchev–Trinajstić information content (AvgIpc) is 3.04. The molecule has 112 valence electrons. The van der Waals surface area contributed by atoms with Gasteiger partial charge in [-0.3, -0.25) is 0 Å². The Labute approximate surface area is 131 Å². The summed E-state index contributed by atoms with van der Waals surface area (Å²) in [7, 11) is 0. The Morgan fingerprint density at radius 3 is 2.14 bits per heavy atom. The van der Waals surface area contributed by atoms with Crippen molar-refractivity contribution in [2.24, 2.45) is 0 Å². The number of hydrogen-bond acceptors (Lipinski definition) is 2. The highest BCUT2D eigenvalue weighted by Crippen LogP contribution is 2.17. The predicted molar refractivity (Wildman–Crippen MR) is 88.6 cm³/mol. The molecule has 0 aliphatic carbocycles. The maximum Gasteiger partial charge on any atom is 0.119 e. The Morgan fingerprint density at radius 2 is 1.59 bits per heavy atom. The highest BCUT2D eigenvalue weighted by atomic mass is 16.5. The van der Waals surface area contributed by atoms with E-state index in [-0.39, 0.29) is 6.10 Å². The van der Waals surface area contributed by atoms with Gasteiger partial charge in [-0.05, 0) is 55.7 Å². The molecular formula is C19H20N2O. The predicted octanol–water partition coefficient (Wildman–Crippen LogP) is 4.25. The molecule has 0 aliphatic heterocycles. The minimum atomic E-state index is 0.210. The Kier molecular flexibility index (Phi) is 4.24. The Bertz CT molecular complexity index is 698. The summed E-state index contributed by atoms with van der Waals surface area (Å²) >= 11 is 0. The molecule has 3 nitrogen and oxygen atoms in total. The van der Waals surface area contributed by atoms with Crippen LogP contribution in [0.25, 0.3) is 5.69 Å². The lowest BCUT2D eigenvalue weighted by molar-refractivity contribution is 0.242. The van der Waals surface area contributed by atoms with Gasteiger partial charge >= 0.3 is 0 Å². The molecule has 0 atom stereocenters. The first-order valence-corrected chi connectivity index (χ1v) is 7.53. The van der Waals surface area contributed by atoms with Gasteiger partial charge in [0.1, 0.15) is 5.75 Å². The topological polar surface area (TPSA) is 27.1 Å². The molecule has 0 saturated heterocycles. The zero-order chi connectivity index (χ0) is 15.4. The lowest BCUT2D eigenvalue weighted by Crippen LogP contribution is -2.05. The zero-order valence-corrected chi connectivity index (χ0v) is 12.9. The molecule has 0 saturated carbocycles. The number of ether oxygens (including phenoxy) is 1. The fraction of sp³-hybridized carbons (Fsp3) is 0.211. The number of nitrogens with zero attached hydrogens (tertiary/aromatic N) is 2. The number of benzene rings is 2. The smallest absolute Gasteiger partial charge is 0.119 e. The van der Waals surface area contributed by atoms with Crippen LogP contribution in [0.1, 0.15) is 25.0 Å². The van der Waals surface area contributed by atoms with E-state index in [1.54, 1.807) is 6.20 Å². The van der Waals surface area contributed by atoms with Crippen molar-refractivity contribution >= 4 is 0 Å². The second-order valence-corrected chi connectivity index (χ2v) is 5.62.